The number of imidazole rings is 1. The number of nitrogens with one attached hydrogen (secondary N) is 1. The van der Waals surface area contributed by atoms with Crippen LogP contribution in [0.15, 0.2) is 73.3 Å². The lowest BCUT2D eigenvalue weighted by atomic mass is 10.1. The molecule has 28 heavy (non-hydrogen) atoms. The summed E-state index contributed by atoms with van der Waals surface area (Å²) >= 11 is 0. The largest absolute Gasteiger partial charge is 0.350 e. The van der Waals surface area contributed by atoms with Crippen molar-refractivity contribution in [3.05, 3.63) is 84.4 Å². The highest BCUT2D eigenvalue weighted by atomic mass is 32.2. The number of aromatic nitrogens is 2. The van der Waals surface area contributed by atoms with Crippen LogP contribution in [0.3, 0.4) is 0 Å². The number of carbonyl (C=O) groups excluding carboxylic acids is 1. The molecule has 0 spiro atoms. The maximum atomic E-state index is 12.8. The van der Waals surface area contributed by atoms with E-state index in [1.807, 2.05) is 41.1 Å². The van der Waals surface area contributed by atoms with Gasteiger partial charge in [-0.3, -0.25) is 4.79 Å². The summed E-state index contributed by atoms with van der Waals surface area (Å²) in [6.45, 7) is 0.296. The van der Waals surface area contributed by atoms with Crippen LogP contribution in [-0.4, -0.2) is 41.5 Å². The third-order valence-electron chi connectivity index (χ3n) is 4.46. The van der Waals surface area contributed by atoms with Gasteiger partial charge in [0.2, 0.25) is 15.9 Å². The molecule has 1 N–H and O–H groups in total. The number of hydrogen-bond acceptors (Lipinski definition) is 4. The van der Waals surface area contributed by atoms with Crippen molar-refractivity contribution < 1.29 is 13.2 Å². The molecule has 7 nitrogen and oxygen atoms in total. The summed E-state index contributed by atoms with van der Waals surface area (Å²) < 4.78 is 27.0. The highest BCUT2D eigenvalue weighted by Gasteiger charge is 2.30. The first-order chi connectivity index (χ1) is 13.4. The number of sulfonamides is 1. The van der Waals surface area contributed by atoms with Gasteiger partial charge in [-0.05, 0) is 23.3 Å². The van der Waals surface area contributed by atoms with E-state index in [1.54, 1.807) is 36.8 Å². The maximum Gasteiger partial charge on any atom is 0.243 e. The zero-order valence-electron chi connectivity index (χ0n) is 15.7. The van der Waals surface area contributed by atoms with Gasteiger partial charge in [0, 0.05) is 31.7 Å². The quantitative estimate of drug-likeness (QED) is 0.661. The predicted molar refractivity (Wildman–Crippen MR) is 107 cm³/mol. The van der Waals surface area contributed by atoms with Crippen LogP contribution in [0.4, 0.5) is 0 Å². The smallest absolute Gasteiger partial charge is 0.243 e. The summed E-state index contributed by atoms with van der Waals surface area (Å²) in [6.07, 6.45) is 6.35. The molecule has 1 atom stereocenters. The minimum atomic E-state index is -3.55. The molecule has 0 unspecified atom stereocenters. The van der Waals surface area contributed by atoms with Gasteiger partial charge in [-0.15, -0.1) is 0 Å². The summed E-state index contributed by atoms with van der Waals surface area (Å²) in [5.74, 6) is -0.377. The molecule has 8 heteroatoms. The van der Waals surface area contributed by atoms with E-state index in [-0.39, 0.29) is 5.91 Å². The number of benzene rings is 2. The molecule has 2 aromatic carbocycles. The van der Waals surface area contributed by atoms with Crippen molar-refractivity contribution in [3.8, 4) is 5.69 Å². The Hall–Kier alpha value is -2.97. The van der Waals surface area contributed by atoms with E-state index in [1.165, 1.54) is 7.05 Å². The molecule has 0 bridgehead atoms. The first-order valence-corrected chi connectivity index (χ1v) is 10.5. The van der Waals surface area contributed by atoms with Crippen LogP contribution >= 0.6 is 0 Å². The summed E-state index contributed by atoms with van der Waals surface area (Å²) in [4.78, 5) is 16.8. The van der Waals surface area contributed by atoms with E-state index >= 15 is 0 Å². The van der Waals surface area contributed by atoms with E-state index in [9.17, 15) is 13.2 Å². The molecule has 0 saturated heterocycles. The zero-order chi connectivity index (χ0) is 20.1. The number of nitrogens with zero attached hydrogens (tertiary/aromatic N) is 3. The van der Waals surface area contributed by atoms with Gasteiger partial charge in [0.15, 0.2) is 0 Å². The molecule has 0 radical (unpaired) electrons. The van der Waals surface area contributed by atoms with Crippen LogP contribution < -0.4 is 5.32 Å². The molecule has 0 aliphatic heterocycles. The topological polar surface area (TPSA) is 84.3 Å². The van der Waals surface area contributed by atoms with Gasteiger partial charge in [0.1, 0.15) is 6.04 Å². The van der Waals surface area contributed by atoms with Gasteiger partial charge >= 0.3 is 0 Å². The van der Waals surface area contributed by atoms with E-state index < -0.39 is 16.1 Å². The first kappa shape index (κ1) is 19.8. The highest BCUT2D eigenvalue weighted by molar-refractivity contribution is 7.88. The Balaban J connectivity index is 1.73. The average molecular weight is 398 g/mol. The maximum absolute atomic E-state index is 12.8. The molecule has 1 aromatic heterocycles. The SMILES string of the molecule is CN([C@H](C(=O)NCc1ccc(-n2ccnc2)cc1)c1ccccc1)S(C)(=O)=O. The van der Waals surface area contributed by atoms with Crippen molar-refractivity contribution in [3.63, 3.8) is 0 Å². The third-order valence-corrected chi connectivity index (χ3v) is 5.71. The lowest BCUT2D eigenvalue weighted by molar-refractivity contribution is -0.124. The van der Waals surface area contributed by atoms with Crippen molar-refractivity contribution in [1.29, 1.82) is 0 Å². The van der Waals surface area contributed by atoms with Gasteiger partial charge in [0.25, 0.3) is 0 Å². The lowest BCUT2D eigenvalue weighted by Crippen LogP contribution is -2.41. The molecule has 3 aromatic rings. The Morgan fingerprint density at radius 3 is 2.39 bits per heavy atom. The molecule has 0 saturated carbocycles. The Bertz CT molecular complexity index is 1020. The van der Waals surface area contributed by atoms with Gasteiger partial charge < -0.3 is 9.88 Å². The predicted octanol–water partition coefficient (Wildman–Crippen LogP) is 2.12. The number of likely N-dealkylation sites (N-methyl/N-ethyl adjacent to an activating group) is 1. The van der Waals surface area contributed by atoms with E-state index in [2.05, 4.69) is 10.3 Å². The average Bonchev–Trinajstić information content (AvgIpc) is 3.22. The van der Waals surface area contributed by atoms with E-state index in [0.29, 0.717) is 12.1 Å². The standard InChI is InChI=1S/C20H22N4O3S/c1-23(28(2,26)27)19(17-6-4-3-5-7-17)20(25)22-14-16-8-10-18(11-9-16)24-13-12-21-15-24/h3-13,15,19H,14H2,1-2H3,(H,22,25)/t19-/m0/s1. The van der Waals surface area contributed by atoms with Crippen LogP contribution in [0.1, 0.15) is 17.2 Å². The van der Waals surface area contributed by atoms with Crippen LogP contribution in [0, 0.1) is 0 Å². The lowest BCUT2D eigenvalue weighted by Gasteiger charge is -2.25. The normalized spacial score (nSPS) is 12.7. The molecule has 146 valence electrons. The van der Waals surface area contributed by atoms with Gasteiger partial charge in [-0.1, -0.05) is 42.5 Å². The summed E-state index contributed by atoms with van der Waals surface area (Å²) in [7, 11) is -2.14. The summed E-state index contributed by atoms with van der Waals surface area (Å²) in [5, 5.41) is 2.84. The third kappa shape index (κ3) is 4.65. The fourth-order valence-corrected chi connectivity index (χ4v) is 3.44. The fraction of sp³-hybridized carbons (Fsp3) is 0.200. The first-order valence-electron chi connectivity index (χ1n) is 8.69. The molecule has 3 rings (SSSR count). The molecule has 1 amide bonds. The Morgan fingerprint density at radius 2 is 1.82 bits per heavy atom. The second kappa shape index (κ2) is 8.37. The van der Waals surface area contributed by atoms with Crippen molar-refractivity contribution in [2.75, 3.05) is 13.3 Å². The van der Waals surface area contributed by atoms with Gasteiger partial charge in [-0.2, -0.15) is 4.31 Å². The van der Waals surface area contributed by atoms with Crippen molar-refractivity contribution in [2.24, 2.45) is 0 Å². The minimum Gasteiger partial charge on any atom is -0.350 e. The summed E-state index contributed by atoms with van der Waals surface area (Å²) in [5.41, 5.74) is 2.49. The summed E-state index contributed by atoms with van der Waals surface area (Å²) in [6, 6.07) is 15.6. The Morgan fingerprint density at radius 1 is 1.14 bits per heavy atom. The van der Waals surface area contributed by atoms with E-state index in [0.717, 1.165) is 21.8 Å². The number of carbonyl (C=O) groups is 1. The number of hydrogen-bond donors (Lipinski definition) is 1. The number of rotatable bonds is 7. The molecule has 1 heterocycles. The number of amides is 1. The molecular weight excluding hydrogens is 376 g/mol. The van der Waals surface area contributed by atoms with Gasteiger partial charge in [-0.25, -0.2) is 13.4 Å². The molecule has 0 aliphatic carbocycles. The minimum absolute atomic E-state index is 0.296. The molecule has 0 aliphatic rings. The Labute approximate surface area is 164 Å². The second-order valence-corrected chi connectivity index (χ2v) is 8.49. The van der Waals surface area contributed by atoms with E-state index in [4.69, 9.17) is 0 Å². The monoisotopic (exact) mass is 398 g/mol. The van der Waals surface area contributed by atoms with Crippen LogP contribution in [0.2, 0.25) is 0 Å². The molecular formula is C20H22N4O3S. The zero-order valence-corrected chi connectivity index (χ0v) is 16.5. The van der Waals surface area contributed by atoms with Crippen LogP contribution in [-0.2, 0) is 21.4 Å². The van der Waals surface area contributed by atoms with Crippen molar-refractivity contribution in [1.82, 2.24) is 19.2 Å². The fourth-order valence-electron chi connectivity index (χ4n) is 2.84. The second-order valence-electron chi connectivity index (χ2n) is 6.45. The van der Waals surface area contributed by atoms with Gasteiger partial charge in [0.05, 0.1) is 12.6 Å². The van der Waals surface area contributed by atoms with Crippen LogP contribution in [0.5, 0.6) is 0 Å². The van der Waals surface area contributed by atoms with Crippen molar-refractivity contribution in [2.45, 2.75) is 12.6 Å². The highest BCUT2D eigenvalue weighted by Crippen LogP contribution is 2.22. The molecule has 0 fully saturated rings. The van der Waals surface area contributed by atoms with Crippen LogP contribution in [0.25, 0.3) is 5.69 Å². The Kier molecular flexibility index (Phi) is 5.91. The van der Waals surface area contributed by atoms with Crippen molar-refractivity contribution >= 4 is 15.9 Å².